The summed E-state index contributed by atoms with van der Waals surface area (Å²) in [6.07, 6.45) is 0. The second-order valence-corrected chi connectivity index (χ2v) is 5.60. The number of thioether (sulfide) groups is 1. The number of carbonyl (C=O) groups excluding carboxylic acids is 4. The maximum absolute atomic E-state index is 11.8. The van der Waals surface area contributed by atoms with Gasteiger partial charge in [0, 0.05) is 25.3 Å². The van der Waals surface area contributed by atoms with Crippen LogP contribution in [0, 0.1) is 0 Å². The van der Waals surface area contributed by atoms with E-state index in [-0.39, 0.29) is 17.4 Å². The molecule has 8 nitrogen and oxygen atoms in total. The van der Waals surface area contributed by atoms with Crippen LogP contribution in [0.15, 0.2) is 24.3 Å². The molecule has 1 atom stereocenters. The number of methoxy groups -OCH3 is 1. The van der Waals surface area contributed by atoms with E-state index in [4.69, 9.17) is 4.74 Å². The monoisotopic (exact) mass is 354 g/mol. The van der Waals surface area contributed by atoms with Gasteiger partial charge in [-0.3, -0.25) is 9.59 Å². The number of anilines is 1. The number of nitrogens with one attached hydrogen (secondary N) is 2. The summed E-state index contributed by atoms with van der Waals surface area (Å²) >= 11 is 0.733. The van der Waals surface area contributed by atoms with Gasteiger partial charge >= 0.3 is 11.3 Å². The molecule has 24 heavy (non-hydrogen) atoms. The average molecular weight is 354 g/mol. The van der Waals surface area contributed by atoms with Crippen molar-refractivity contribution in [2.75, 3.05) is 18.2 Å². The highest BCUT2D eigenvalue weighted by Gasteiger charge is 2.22. The molecule has 0 bridgehead atoms. The van der Waals surface area contributed by atoms with Crippen LogP contribution < -0.4 is 15.4 Å². The van der Waals surface area contributed by atoms with Crippen molar-refractivity contribution in [2.45, 2.75) is 19.9 Å². The minimum absolute atomic E-state index is 0.0188. The third-order valence-corrected chi connectivity index (χ3v) is 3.43. The second-order valence-electron chi connectivity index (χ2n) is 4.64. The maximum atomic E-state index is 11.8. The third kappa shape index (κ3) is 7.14. The Labute approximate surface area is 143 Å². The van der Waals surface area contributed by atoms with Gasteiger partial charge in [0.05, 0.1) is 7.11 Å². The Morgan fingerprint density at radius 2 is 1.71 bits per heavy atom. The highest BCUT2D eigenvalue weighted by Crippen LogP contribution is 2.18. The van der Waals surface area contributed by atoms with Crippen molar-refractivity contribution in [1.82, 2.24) is 5.32 Å². The summed E-state index contributed by atoms with van der Waals surface area (Å²) < 4.78 is 9.64. The first kappa shape index (κ1) is 19.5. The predicted molar refractivity (Wildman–Crippen MR) is 88.8 cm³/mol. The number of carbonyl (C=O) groups is 4. The lowest BCUT2D eigenvalue weighted by molar-refractivity contribution is -0.144. The molecule has 0 fully saturated rings. The summed E-state index contributed by atoms with van der Waals surface area (Å²) in [5.74, 6) is -0.995. The quantitative estimate of drug-likeness (QED) is 0.746. The zero-order valence-corrected chi connectivity index (χ0v) is 14.3. The molecule has 9 heteroatoms. The molecule has 0 aromatic heterocycles. The number of rotatable bonds is 6. The van der Waals surface area contributed by atoms with Gasteiger partial charge in [-0.15, -0.1) is 0 Å². The lowest BCUT2D eigenvalue weighted by Crippen LogP contribution is -2.42. The van der Waals surface area contributed by atoms with Crippen LogP contribution in [-0.2, 0) is 19.1 Å². The van der Waals surface area contributed by atoms with E-state index in [2.05, 4.69) is 15.4 Å². The molecule has 1 rings (SSSR count). The Morgan fingerprint density at radius 1 is 1.08 bits per heavy atom. The van der Waals surface area contributed by atoms with Crippen LogP contribution in [0.5, 0.6) is 5.75 Å². The van der Waals surface area contributed by atoms with Gasteiger partial charge in [0.1, 0.15) is 11.8 Å². The molecular formula is C15H18N2O6S. The zero-order valence-electron chi connectivity index (χ0n) is 13.5. The summed E-state index contributed by atoms with van der Waals surface area (Å²) in [6.45, 7) is 2.65. The number of amides is 2. The molecule has 0 unspecified atom stereocenters. The first-order chi connectivity index (χ1) is 11.3. The smallest absolute Gasteiger partial charge is 0.372 e. The van der Waals surface area contributed by atoms with Crippen LogP contribution in [0.3, 0.4) is 0 Å². The summed E-state index contributed by atoms with van der Waals surface area (Å²) in [5.41, 5.74) is 0.575. The van der Waals surface area contributed by atoms with Crippen molar-refractivity contribution in [2.24, 2.45) is 0 Å². The summed E-state index contributed by atoms with van der Waals surface area (Å²) in [4.78, 5) is 45.2. The third-order valence-electron chi connectivity index (χ3n) is 2.61. The number of hydrogen-bond donors (Lipinski definition) is 2. The molecule has 2 N–H and O–H groups in total. The van der Waals surface area contributed by atoms with Crippen molar-refractivity contribution in [3.63, 3.8) is 0 Å². The fraction of sp³-hybridized carbons (Fsp3) is 0.333. The Kier molecular flexibility index (Phi) is 7.76. The number of benzene rings is 1. The fourth-order valence-electron chi connectivity index (χ4n) is 1.64. The molecule has 0 aliphatic carbocycles. The summed E-state index contributed by atoms with van der Waals surface area (Å²) in [7, 11) is 1.19. The Morgan fingerprint density at radius 3 is 2.21 bits per heavy atom. The molecule has 1 aromatic rings. The highest BCUT2D eigenvalue weighted by atomic mass is 32.2. The Hall–Kier alpha value is -2.55. The van der Waals surface area contributed by atoms with Crippen LogP contribution in [0.1, 0.15) is 13.8 Å². The molecule has 0 aliphatic rings. The fourth-order valence-corrected chi connectivity index (χ4v) is 2.32. The van der Waals surface area contributed by atoms with E-state index in [9.17, 15) is 19.2 Å². The van der Waals surface area contributed by atoms with Gasteiger partial charge in [0.15, 0.2) is 0 Å². The van der Waals surface area contributed by atoms with Gasteiger partial charge in [-0.2, -0.15) is 0 Å². The van der Waals surface area contributed by atoms with Crippen molar-refractivity contribution in [1.29, 1.82) is 0 Å². The minimum Gasteiger partial charge on any atom is -0.467 e. The molecule has 2 amide bonds. The molecule has 0 saturated carbocycles. The van der Waals surface area contributed by atoms with E-state index in [1.54, 1.807) is 12.1 Å². The van der Waals surface area contributed by atoms with Gasteiger partial charge in [-0.25, -0.2) is 9.59 Å². The lowest BCUT2D eigenvalue weighted by Gasteiger charge is -2.14. The first-order valence-electron chi connectivity index (χ1n) is 6.89. The second kappa shape index (κ2) is 9.56. The molecule has 0 saturated heterocycles. The van der Waals surface area contributed by atoms with Crippen molar-refractivity contribution < 1.29 is 28.7 Å². The number of esters is 1. The normalized spacial score (nSPS) is 11.1. The summed E-state index contributed by atoms with van der Waals surface area (Å²) in [5, 5.41) is 4.34. The van der Waals surface area contributed by atoms with Gasteiger partial charge in [-0.1, -0.05) is 0 Å². The zero-order chi connectivity index (χ0) is 18.1. The number of ether oxygens (including phenoxy) is 2. The van der Waals surface area contributed by atoms with Crippen LogP contribution >= 0.6 is 11.8 Å². The SMILES string of the molecule is COC(=O)[C@H](CSC(=O)Oc1ccc(NC(C)=O)cc1)NC(C)=O. The van der Waals surface area contributed by atoms with E-state index in [1.165, 1.54) is 33.1 Å². The van der Waals surface area contributed by atoms with Crippen molar-refractivity contribution in [3.8, 4) is 5.75 Å². The molecule has 130 valence electrons. The average Bonchev–Trinajstić information content (AvgIpc) is 2.51. The van der Waals surface area contributed by atoms with Crippen molar-refractivity contribution in [3.05, 3.63) is 24.3 Å². The van der Waals surface area contributed by atoms with Crippen molar-refractivity contribution >= 4 is 40.5 Å². The lowest BCUT2D eigenvalue weighted by atomic mass is 10.3. The molecule has 0 aliphatic heterocycles. The molecular weight excluding hydrogens is 336 g/mol. The largest absolute Gasteiger partial charge is 0.467 e. The van der Waals surface area contributed by atoms with E-state index >= 15 is 0 Å². The summed E-state index contributed by atoms with van der Waals surface area (Å²) in [6, 6.07) is 5.28. The topological polar surface area (TPSA) is 111 Å². The van der Waals surface area contributed by atoms with Gasteiger partial charge in [0.25, 0.3) is 0 Å². The van der Waals surface area contributed by atoms with Gasteiger partial charge in [-0.05, 0) is 36.0 Å². The number of hydrogen-bond acceptors (Lipinski definition) is 7. The maximum Gasteiger partial charge on any atom is 0.372 e. The first-order valence-corrected chi connectivity index (χ1v) is 7.87. The highest BCUT2D eigenvalue weighted by molar-refractivity contribution is 8.13. The van der Waals surface area contributed by atoms with E-state index in [1.807, 2.05) is 0 Å². The standard InChI is InChI=1S/C15H18N2O6S/c1-9(18)16-11-4-6-12(7-5-11)23-15(21)24-8-13(14(20)22-3)17-10(2)19/h4-7,13H,8H2,1-3H3,(H,16,18)(H,17,19)/t13-/m0/s1. The van der Waals surface area contributed by atoms with Crippen LogP contribution in [-0.4, -0.2) is 42.0 Å². The predicted octanol–water partition coefficient (Wildman–Crippen LogP) is 1.55. The van der Waals surface area contributed by atoms with Gasteiger partial charge in [0.2, 0.25) is 11.8 Å². The van der Waals surface area contributed by atoms with E-state index in [0.717, 1.165) is 11.8 Å². The van der Waals surface area contributed by atoms with Gasteiger partial charge < -0.3 is 20.1 Å². The minimum atomic E-state index is -0.938. The molecule has 1 aromatic carbocycles. The molecule has 0 spiro atoms. The molecule has 0 radical (unpaired) electrons. The Balaban J connectivity index is 2.53. The Bertz CT molecular complexity index is 617. The van der Waals surface area contributed by atoms with E-state index < -0.39 is 23.2 Å². The van der Waals surface area contributed by atoms with E-state index in [0.29, 0.717) is 5.69 Å². The van der Waals surface area contributed by atoms with Crippen LogP contribution in [0.25, 0.3) is 0 Å². The molecule has 0 heterocycles. The van der Waals surface area contributed by atoms with Crippen LogP contribution in [0.2, 0.25) is 0 Å². The van der Waals surface area contributed by atoms with Crippen LogP contribution in [0.4, 0.5) is 10.5 Å².